The molecule has 1 saturated carbocycles. The van der Waals surface area contributed by atoms with Crippen LogP contribution < -0.4 is 5.73 Å². The summed E-state index contributed by atoms with van der Waals surface area (Å²) in [5.74, 6) is 0.772. The maximum Gasteiger partial charge on any atom is 0.0629 e. The number of pyridine rings is 1. The third-order valence-electron chi connectivity index (χ3n) is 3.65. The summed E-state index contributed by atoms with van der Waals surface area (Å²) in [5, 5.41) is 0. The monoisotopic (exact) mass is 244 g/mol. The second kappa shape index (κ2) is 7.32. The Balaban J connectivity index is 1.93. The van der Waals surface area contributed by atoms with Crippen LogP contribution in [0.3, 0.4) is 0 Å². The zero-order valence-corrected chi connectivity index (χ0v) is 11.1. The molecule has 0 amide bonds. The van der Waals surface area contributed by atoms with Gasteiger partial charge in [0.15, 0.2) is 0 Å². The second-order valence-corrected chi connectivity index (χ2v) is 5.20. The van der Waals surface area contributed by atoms with Gasteiger partial charge < -0.3 is 5.73 Å². The van der Waals surface area contributed by atoms with Gasteiger partial charge in [-0.2, -0.15) is 0 Å². The number of allylic oxidation sites excluding steroid dienone is 1. The summed E-state index contributed by atoms with van der Waals surface area (Å²) in [6.45, 7) is 0.740. The lowest BCUT2D eigenvalue weighted by Gasteiger charge is -2.17. The van der Waals surface area contributed by atoms with Crippen molar-refractivity contribution in [2.24, 2.45) is 11.7 Å². The molecule has 1 aromatic heterocycles. The molecule has 0 bridgehead atoms. The van der Waals surface area contributed by atoms with Crippen molar-refractivity contribution in [3.63, 3.8) is 0 Å². The van der Waals surface area contributed by atoms with E-state index < -0.39 is 0 Å². The maximum atomic E-state index is 5.53. The molecule has 98 valence electrons. The van der Waals surface area contributed by atoms with Crippen LogP contribution in [-0.2, 0) is 6.42 Å². The standard InChI is InChI=1S/C16H24N2/c17-13-5-10-15-8-4-9-16(18-15)12-11-14-6-2-1-3-7-14/h4,8-9,11-12,14H,1-3,5-7,10,13,17H2/b12-11+. The molecule has 0 radical (unpaired) electrons. The van der Waals surface area contributed by atoms with Gasteiger partial charge in [0, 0.05) is 5.69 Å². The average molecular weight is 244 g/mol. The highest BCUT2D eigenvalue weighted by Crippen LogP contribution is 2.25. The van der Waals surface area contributed by atoms with Gasteiger partial charge in [-0.3, -0.25) is 4.98 Å². The average Bonchev–Trinajstić information content (AvgIpc) is 2.44. The maximum absolute atomic E-state index is 5.53. The van der Waals surface area contributed by atoms with Gasteiger partial charge in [-0.15, -0.1) is 0 Å². The molecule has 1 fully saturated rings. The van der Waals surface area contributed by atoms with Crippen LogP contribution >= 0.6 is 0 Å². The minimum Gasteiger partial charge on any atom is -0.330 e. The summed E-state index contributed by atoms with van der Waals surface area (Å²) >= 11 is 0. The van der Waals surface area contributed by atoms with Crippen molar-refractivity contribution < 1.29 is 0 Å². The van der Waals surface area contributed by atoms with Crippen molar-refractivity contribution in [3.05, 3.63) is 35.7 Å². The van der Waals surface area contributed by atoms with E-state index in [4.69, 9.17) is 5.73 Å². The van der Waals surface area contributed by atoms with Crippen LogP contribution in [0.25, 0.3) is 6.08 Å². The quantitative estimate of drug-likeness (QED) is 0.860. The molecule has 0 unspecified atom stereocenters. The molecule has 0 aromatic carbocycles. The molecule has 2 heteroatoms. The van der Waals surface area contributed by atoms with Gasteiger partial charge in [0.2, 0.25) is 0 Å². The van der Waals surface area contributed by atoms with E-state index in [0.717, 1.165) is 36.7 Å². The van der Waals surface area contributed by atoms with Crippen LogP contribution in [0, 0.1) is 5.92 Å². The fourth-order valence-corrected chi connectivity index (χ4v) is 2.57. The van der Waals surface area contributed by atoms with E-state index in [-0.39, 0.29) is 0 Å². The van der Waals surface area contributed by atoms with Crippen LogP contribution in [0.2, 0.25) is 0 Å². The van der Waals surface area contributed by atoms with E-state index in [9.17, 15) is 0 Å². The number of aromatic nitrogens is 1. The van der Waals surface area contributed by atoms with Gasteiger partial charge in [0.25, 0.3) is 0 Å². The molecule has 0 atom stereocenters. The summed E-state index contributed by atoms with van der Waals surface area (Å²) in [6.07, 6.45) is 13.4. The highest BCUT2D eigenvalue weighted by molar-refractivity contribution is 5.45. The van der Waals surface area contributed by atoms with E-state index >= 15 is 0 Å². The lowest BCUT2D eigenvalue weighted by Crippen LogP contribution is -2.03. The third-order valence-corrected chi connectivity index (χ3v) is 3.65. The number of aryl methyl sites for hydroxylation is 1. The lowest BCUT2D eigenvalue weighted by molar-refractivity contribution is 0.420. The first-order valence-electron chi connectivity index (χ1n) is 7.22. The first-order valence-corrected chi connectivity index (χ1v) is 7.22. The van der Waals surface area contributed by atoms with Gasteiger partial charge in [-0.25, -0.2) is 0 Å². The third kappa shape index (κ3) is 4.26. The van der Waals surface area contributed by atoms with Gasteiger partial charge in [0.05, 0.1) is 5.69 Å². The summed E-state index contributed by atoms with van der Waals surface area (Å²) in [7, 11) is 0. The minimum absolute atomic E-state index is 0.740. The van der Waals surface area contributed by atoms with Gasteiger partial charge in [0.1, 0.15) is 0 Å². The summed E-state index contributed by atoms with van der Waals surface area (Å²) in [5.41, 5.74) is 7.78. The second-order valence-electron chi connectivity index (χ2n) is 5.20. The van der Waals surface area contributed by atoms with Gasteiger partial charge in [-0.05, 0) is 56.4 Å². The highest BCUT2D eigenvalue weighted by atomic mass is 14.7. The Hall–Kier alpha value is -1.15. The molecular weight excluding hydrogens is 220 g/mol. The van der Waals surface area contributed by atoms with Crippen LogP contribution in [0.4, 0.5) is 0 Å². The molecule has 1 aromatic rings. The van der Waals surface area contributed by atoms with Crippen molar-refractivity contribution in [2.45, 2.75) is 44.9 Å². The largest absolute Gasteiger partial charge is 0.330 e. The van der Waals surface area contributed by atoms with E-state index in [1.807, 2.05) is 0 Å². The van der Waals surface area contributed by atoms with Crippen molar-refractivity contribution in [3.8, 4) is 0 Å². The number of nitrogens with two attached hydrogens (primary N) is 1. The Morgan fingerprint density at radius 2 is 2.06 bits per heavy atom. The lowest BCUT2D eigenvalue weighted by atomic mass is 9.89. The number of hydrogen-bond acceptors (Lipinski definition) is 2. The van der Waals surface area contributed by atoms with Crippen LogP contribution in [0.1, 0.15) is 49.9 Å². The van der Waals surface area contributed by atoms with Crippen molar-refractivity contribution >= 4 is 6.08 Å². The van der Waals surface area contributed by atoms with E-state index in [0.29, 0.717) is 0 Å². The van der Waals surface area contributed by atoms with Gasteiger partial charge in [-0.1, -0.05) is 31.4 Å². The zero-order chi connectivity index (χ0) is 12.6. The molecule has 1 aliphatic carbocycles. The van der Waals surface area contributed by atoms with Gasteiger partial charge >= 0.3 is 0 Å². The van der Waals surface area contributed by atoms with Crippen LogP contribution in [-0.4, -0.2) is 11.5 Å². The zero-order valence-electron chi connectivity index (χ0n) is 11.1. The summed E-state index contributed by atoms with van der Waals surface area (Å²) in [6, 6.07) is 6.28. The summed E-state index contributed by atoms with van der Waals surface area (Å²) < 4.78 is 0. The predicted molar refractivity (Wildman–Crippen MR) is 77.2 cm³/mol. The number of rotatable bonds is 5. The predicted octanol–water partition coefficient (Wildman–Crippen LogP) is 3.57. The fourth-order valence-electron chi connectivity index (χ4n) is 2.57. The van der Waals surface area contributed by atoms with Crippen LogP contribution in [0.5, 0.6) is 0 Å². The molecule has 2 N–H and O–H groups in total. The first-order chi connectivity index (χ1) is 8.88. The van der Waals surface area contributed by atoms with Crippen LogP contribution in [0.15, 0.2) is 24.3 Å². The van der Waals surface area contributed by atoms with E-state index in [2.05, 4.69) is 35.3 Å². The van der Waals surface area contributed by atoms with E-state index in [1.54, 1.807) is 0 Å². The molecular formula is C16H24N2. The molecule has 0 aliphatic heterocycles. The molecule has 2 rings (SSSR count). The Morgan fingerprint density at radius 1 is 1.22 bits per heavy atom. The topological polar surface area (TPSA) is 38.9 Å². The first kappa shape index (κ1) is 13.3. The van der Waals surface area contributed by atoms with Crippen molar-refractivity contribution in [2.75, 3.05) is 6.54 Å². The molecule has 18 heavy (non-hydrogen) atoms. The molecule has 2 nitrogen and oxygen atoms in total. The molecule has 0 spiro atoms. The Labute approximate surface area is 110 Å². The highest BCUT2D eigenvalue weighted by Gasteiger charge is 2.09. The van der Waals surface area contributed by atoms with E-state index in [1.165, 1.54) is 32.1 Å². The SMILES string of the molecule is NCCCc1cccc(/C=C/C2CCCCC2)n1. The number of hydrogen-bond donors (Lipinski definition) is 1. The Kier molecular flexibility index (Phi) is 5.40. The Morgan fingerprint density at radius 3 is 2.83 bits per heavy atom. The fraction of sp³-hybridized carbons (Fsp3) is 0.562. The normalized spacial score (nSPS) is 17.4. The Bertz CT molecular complexity index is 378. The molecule has 0 saturated heterocycles. The van der Waals surface area contributed by atoms with Crippen molar-refractivity contribution in [1.82, 2.24) is 4.98 Å². The molecule has 1 aliphatic rings. The minimum atomic E-state index is 0.740. The molecule has 1 heterocycles. The number of nitrogens with zero attached hydrogens (tertiary/aromatic N) is 1. The van der Waals surface area contributed by atoms with Crippen molar-refractivity contribution in [1.29, 1.82) is 0 Å². The smallest absolute Gasteiger partial charge is 0.0629 e. The summed E-state index contributed by atoms with van der Waals surface area (Å²) in [4.78, 5) is 4.65.